The number of rotatable bonds is 6. The monoisotopic (exact) mass is 257 g/mol. The number of nitrogens with one attached hydrogen (secondary N) is 1. The summed E-state index contributed by atoms with van der Waals surface area (Å²) in [6.45, 7) is 8.45. The van der Waals surface area contributed by atoms with Crippen molar-refractivity contribution in [1.82, 2.24) is 5.32 Å². The molecule has 0 spiro atoms. The second-order valence-electron chi connectivity index (χ2n) is 4.90. The van der Waals surface area contributed by atoms with Crippen LogP contribution in [0.4, 0.5) is 0 Å². The Morgan fingerprint density at radius 1 is 1.53 bits per heavy atom. The summed E-state index contributed by atoms with van der Waals surface area (Å²) >= 11 is 1.65. The van der Waals surface area contributed by atoms with Crippen molar-refractivity contribution >= 4 is 11.8 Å². The van der Waals surface area contributed by atoms with E-state index in [1.807, 2.05) is 27.0 Å². The lowest BCUT2D eigenvalue weighted by atomic mass is 10.1. The molecule has 0 aromatic carbocycles. The first kappa shape index (κ1) is 14.6. The van der Waals surface area contributed by atoms with Crippen molar-refractivity contribution in [3.63, 3.8) is 0 Å². The highest BCUT2D eigenvalue weighted by Gasteiger charge is 2.21. The minimum absolute atomic E-state index is 0.195. The van der Waals surface area contributed by atoms with Crippen LogP contribution in [0.2, 0.25) is 0 Å². The molecule has 0 aliphatic rings. The molecule has 1 aromatic rings. The van der Waals surface area contributed by atoms with E-state index in [1.54, 1.807) is 11.8 Å². The molecule has 0 bridgehead atoms. The summed E-state index contributed by atoms with van der Waals surface area (Å²) in [7, 11) is 0. The summed E-state index contributed by atoms with van der Waals surface area (Å²) < 4.78 is 5.51. The van der Waals surface area contributed by atoms with Crippen molar-refractivity contribution in [2.75, 3.05) is 18.6 Å². The number of furan rings is 1. The minimum Gasteiger partial charge on any atom is -0.466 e. The molecule has 2 N–H and O–H groups in total. The van der Waals surface area contributed by atoms with Gasteiger partial charge in [0, 0.05) is 23.9 Å². The SMILES string of the molecule is CSCC(C)(O)CNC(C)c1cc(C)oc1C. The Bertz CT molecular complexity index is 360. The molecule has 1 aromatic heterocycles. The molecule has 2 unspecified atom stereocenters. The molecule has 4 heteroatoms. The summed E-state index contributed by atoms with van der Waals surface area (Å²) in [5.74, 6) is 2.62. The van der Waals surface area contributed by atoms with Gasteiger partial charge in [0.1, 0.15) is 11.5 Å². The van der Waals surface area contributed by atoms with Crippen molar-refractivity contribution in [2.45, 2.75) is 39.3 Å². The van der Waals surface area contributed by atoms with Crippen molar-refractivity contribution in [2.24, 2.45) is 0 Å². The first-order valence-electron chi connectivity index (χ1n) is 5.87. The predicted octanol–water partition coefficient (Wildman–Crippen LogP) is 2.66. The van der Waals surface area contributed by atoms with Gasteiger partial charge in [0.15, 0.2) is 0 Å². The molecular weight excluding hydrogens is 234 g/mol. The molecule has 98 valence electrons. The number of thioether (sulfide) groups is 1. The third-order valence-corrected chi connectivity index (χ3v) is 3.70. The Morgan fingerprint density at radius 2 is 2.18 bits per heavy atom. The summed E-state index contributed by atoms with van der Waals surface area (Å²) in [6, 6.07) is 2.25. The van der Waals surface area contributed by atoms with Crippen molar-refractivity contribution in [3.05, 3.63) is 23.2 Å². The molecule has 2 atom stereocenters. The first-order chi connectivity index (χ1) is 7.85. The highest BCUT2D eigenvalue weighted by molar-refractivity contribution is 7.98. The molecule has 17 heavy (non-hydrogen) atoms. The second-order valence-corrected chi connectivity index (χ2v) is 5.77. The van der Waals surface area contributed by atoms with Gasteiger partial charge in [-0.05, 0) is 40.0 Å². The fourth-order valence-electron chi connectivity index (χ4n) is 1.93. The fraction of sp³-hybridized carbons (Fsp3) is 0.692. The van der Waals surface area contributed by atoms with Gasteiger partial charge in [-0.1, -0.05) is 0 Å². The van der Waals surface area contributed by atoms with E-state index in [-0.39, 0.29) is 6.04 Å². The normalized spacial score (nSPS) is 16.8. The molecule has 0 radical (unpaired) electrons. The van der Waals surface area contributed by atoms with Crippen LogP contribution >= 0.6 is 11.8 Å². The minimum atomic E-state index is -0.666. The van der Waals surface area contributed by atoms with Gasteiger partial charge in [-0.2, -0.15) is 11.8 Å². The molecule has 0 saturated carbocycles. The zero-order valence-corrected chi connectivity index (χ0v) is 12.1. The van der Waals surface area contributed by atoms with E-state index in [4.69, 9.17) is 4.42 Å². The third-order valence-electron chi connectivity index (χ3n) is 2.79. The van der Waals surface area contributed by atoms with Crippen molar-refractivity contribution in [1.29, 1.82) is 0 Å². The molecule has 0 aliphatic carbocycles. The van der Waals surface area contributed by atoms with E-state index >= 15 is 0 Å². The third kappa shape index (κ3) is 4.37. The molecule has 0 amide bonds. The summed E-state index contributed by atoms with van der Waals surface area (Å²) in [6.07, 6.45) is 2.00. The molecule has 0 fully saturated rings. The number of aryl methyl sites for hydroxylation is 2. The van der Waals surface area contributed by atoms with Crippen LogP contribution in [0.5, 0.6) is 0 Å². The van der Waals surface area contributed by atoms with Crippen LogP contribution < -0.4 is 5.32 Å². The highest BCUT2D eigenvalue weighted by Crippen LogP contribution is 2.21. The standard InChI is InChI=1S/C13H23NO2S/c1-9-6-12(11(3)16-9)10(2)14-7-13(4,15)8-17-5/h6,10,14-15H,7-8H2,1-5H3. The van der Waals surface area contributed by atoms with E-state index < -0.39 is 5.60 Å². The predicted molar refractivity (Wildman–Crippen MR) is 73.6 cm³/mol. The Morgan fingerprint density at radius 3 is 2.65 bits per heavy atom. The van der Waals surface area contributed by atoms with Crippen molar-refractivity contribution in [3.8, 4) is 0 Å². The topological polar surface area (TPSA) is 45.4 Å². The van der Waals surface area contributed by atoms with E-state index in [0.29, 0.717) is 6.54 Å². The summed E-state index contributed by atoms with van der Waals surface area (Å²) in [5.41, 5.74) is 0.503. The smallest absolute Gasteiger partial charge is 0.105 e. The van der Waals surface area contributed by atoms with Gasteiger partial charge < -0.3 is 14.8 Å². The first-order valence-corrected chi connectivity index (χ1v) is 7.27. The average molecular weight is 257 g/mol. The zero-order valence-electron chi connectivity index (χ0n) is 11.3. The quantitative estimate of drug-likeness (QED) is 0.822. The number of hydrogen-bond acceptors (Lipinski definition) is 4. The van der Waals surface area contributed by atoms with Crippen LogP contribution in [0.25, 0.3) is 0 Å². The van der Waals surface area contributed by atoms with Crippen LogP contribution in [0.1, 0.15) is 37.0 Å². The van der Waals surface area contributed by atoms with Crippen LogP contribution in [0.15, 0.2) is 10.5 Å². The molecule has 1 rings (SSSR count). The Hall–Kier alpha value is -0.450. The lowest BCUT2D eigenvalue weighted by Crippen LogP contribution is -2.40. The van der Waals surface area contributed by atoms with Crippen molar-refractivity contribution < 1.29 is 9.52 Å². The van der Waals surface area contributed by atoms with Gasteiger partial charge in [-0.25, -0.2) is 0 Å². The van der Waals surface area contributed by atoms with Gasteiger partial charge >= 0.3 is 0 Å². The van der Waals surface area contributed by atoms with E-state index in [2.05, 4.69) is 18.3 Å². The zero-order chi connectivity index (χ0) is 13.1. The highest BCUT2D eigenvalue weighted by atomic mass is 32.2. The maximum absolute atomic E-state index is 10.1. The second kappa shape index (κ2) is 5.94. The largest absolute Gasteiger partial charge is 0.466 e. The van der Waals surface area contributed by atoms with Crippen LogP contribution in [0.3, 0.4) is 0 Å². The summed E-state index contributed by atoms with van der Waals surface area (Å²) in [4.78, 5) is 0. The van der Waals surface area contributed by atoms with Crippen LogP contribution in [-0.4, -0.2) is 29.3 Å². The Labute approximate surface area is 108 Å². The van der Waals surface area contributed by atoms with E-state index in [9.17, 15) is 5.11 Å². The average Bonchev–Trinajstić information content (AvgIpc) is 2.54. The maximum atomic E-state index is 10.1. The van der Waals surface area contributed by atoms with E-state index in [1.165, 1.54) is 5.56 Å². The Kier molecular flexibility index (Phi) is 5.10. The number of aliphatic hydroxyl groups is 1. The maximum Gasteiger partial charge on any atom is 0.105 e. The summed E-state index contributed by atoms with van der Waals surface area (Å²) in [5, 5.41) is 13.4. The van der Waals surface area contributed by atoms with Gasteiger partial charge in [0.05, 0.1) is 5.60 Å². The van der Waals surface area contributed by atoms with E-state index in [0.717, 1.165) is 17.3 Å². The molecule has 0 saturated heterocycles. The molecule has 1 heterocycles. The van der Waals surface area contributed by atoms with Crippen LogP contribution in [-0.2, 0) is 0 Å². The molecule has 0 aliphatic heterocycles. The van der Waals surface area contributed by atoms with Crippen LogP contribution in [0, 0.1) is 13.8 Å². The lowest BCUT2D eigenvalue weighted by Gasteiger charge is -2.25. The molecular formula is C13H23NO2S. The van der Waals surface area contributed by atoms with Gasteiger partial charge in [-0.15, -0.1) is 0 Å². The van der Waals surface area contributed by atoms with Gasteiger partial charge in [0.2, 0.25) is 0 Å². The molecule has 3 nitrogen and oxygen atoms in total. The lowest BCUT2D eigenvalue weighted by molar-refractivity contribution is 0.0820. The Balaban J connectivity index is 2.55. The number of hydrogen-bond donors (Lipinski definition) is 2. The fourth-order valence-corrected chi connectivity index (χ4v) is 2.65. The van der Waals surface area contributed by atoms with Gasteiger partial charge in [-0.3, -0.25) is 0 Å². The van der Waals surface area contributed by atoms with Gasteiger partial charge in [0.25, 0.3) is 0 Å².